The zero-order valence-corrected chi connectivity index (χ0v) is 16.5. The number of aldehydes is 1. The molecule has 28 heavy (non-hydrogen) atoms. The number of H-pyrrole nitrogens is 1. The number of nitrogens with one attached hydrogen (secondary N) is 1. The molecule has 1 aliphatic rings. The maximum Gasteiger partial charge on any atom is 0.259 e. The molecule has 4 rings (SSSR count). The highest BCUT2D eigenvalue weighted by Gasteiger charge is 2.22. The van der Waals surface area contributed by atoms with Gasteiger partial charge in [0, 0.05) is 41.2 Å². The van der Waals surface area contributed by atoms with Crippen LogP contribution in [0.25, 0.3) is 22.2 Å². The molecule has 144 valence electrons. The minimum atomic E-state index is -0.0757. The van der Waals surface area contributed by atoms with Crippen LogP contribution in [0, 0.1) is 0 Å². The first-order valence-corrected chi connectivity index (χ1v) is 9.86. The van der Waals surface area contributed by atoms with Crippen molar-refractivity contribution in [2.45, 2.75) is 10.6 Å². The lowest BCUT2D eigenvalue weighted by molar-refractivity contribution is -0.130. The van der Waals surface area contributed by atoms with Gasteiger partial charge in [-0.1, -0.05) is 0 Å². The van der Waals surface area contributed by atoms with Crippen LogP contribution in [0.5, 0.6) is 11.5 Å². The number of benzene rings is 2. The summed E-state index contributed by atoms with van der Waals surface area (Å²) in [4.78, 5) is 28.4. The maximum atomic E-state index is 11.8. The Morgan fingerprint density at radius 1 is 1.18 bits per heavy atom. The lowest BCUT2D eigenvalue weighted by atomic mass is 10.1. The number of ether oxygens (including phenoxy) is 2. The topological polar surface area (TPSA) is 71.6 Å². The Labute approximate surface area is 166 Å². The number of carbonyl (C=O) groups excluding carboxylic acids is 2. The van der Waals surface area contributed by atoms with E-state index < -0.39 is 0 Å². The van der Waals surface area contributed by atoms with E-state index in [1.54, 1.807) is 25.9 Å². The average molecular weight is 396 g/mol. The monoisotopic (exact) mass is 396 g/mol. The third kappa shape index (κ3) is 3.45. The number of carbonyl (C=O) groups is 2. The standard InChI is InChI=1S/C21H20N2O4S/c1-23(2)20(25)11-27-13-4-6-18-16(9-13)17-12-28-19-10-14(26-8-7-24)3-5-15(19)21(17)22-18/h3-7,9-10,22H,8,11-12H2,1-2H3. The van der Waals surface area contributed by atoms with Crippen LogP contribution >= 0.6 is 11.8 Å². The fraction of sp³-hybridized carbons (Fsp3) is 0.238. The van der Waals surface area contributed by atoms with Crippen LogP contribution in [-0.4, -0.2) is 49.4 Å². The Morgan fingerprint density at radius 2 is 1.96 bits per heavy atom. The lowest BCUT2D eigenvalue weighted by Gasteiger charge is -2.17. The van der Waals surface area contributed by atoms with E-state index in [1.807, 2.05) is 36.4 Å². The molecule has 2 heterocycles. The molecule has 7 heteroatoms. The van der Waals surface area contributed by atoms with E-state index in [0.29, 0.717) is 11.5 Å². The summed E-state index contributed by atoms with van der Waals surface area (Å²) in [7, 11) is 3.42. The van der Waals surface area contributed by atoms with Crippen molar-refractivity contribution in [3.8, 4) is 22.8 Å². The van der Waals surface area contributed by atoms with Crippen LogP contribution < -0.4 is 9.47 Å². The van der Waals surface area contributed by atoms with Gasteiger partial charge in [-0.15, -0.1) is 11.8 Å². The largest absolute Gasteiger partial charge is 0.486 e. The summed E-state index contributed by atoms with van der Waals surface area (Å²) in [5.74, 6) is 2.12. The van der Waals surface area contributed by atoms with E-state index in [9.17, 15) is 9.59 Å². The molecule has 0 unspecified atom stereocenters. The van der Waals surface area contributed by atoms with Gasteiger partial charge in [0.1, 0.15) is 18.1 Å². The van der Waals surface area contributed by atoms with Crippen LogP contribution in [0.3, 0.4) is 0 Å². The van der Waals surface area contributed by atoms with Gasteiger partial charge in [-0.05, 0) is 42.0 Å². The SMILES string of the molecule is CN(C)C(=O)COc1ccc2[nH]c3c(c2c1)CSc1cc(OCC=O)ccc1-3. The Morgan fingerprint density at radius 3 is 2.75 bits per heavy atom. The van der Waals surface area contributed by atoms with Gasteiger partial charge in [-0.3, -0.25) is 9.59 Å². The van der Waals surface area contributed by atoms with Crippen molar-refractivity contribution >= 4 is 34.9 Å². The van der Waals surface area contributed by atoms with Crippen molar-refractivity contribution in [3.63, 3.8) is 0 Å². The zero-order chi connectivity index (χ0) is 19.7. The van der Waals surface area contributed by atoms with Crippen LogP contribution in [0.1, 0.15) is 5.56 Å². The second-order valence-corrected chi connectivity index (χ2v) is 7.70. The molecule has 0 saturated carbocycles. The Bertz CT molecular complexity index is 1060. The predicted octanol–water partition coefficient (Wildman–Crippen LogP) is 3.49. The summed E-state index contributed by atoms with van der Waals surface area (Å²) in [5.41, 5.74) is 4.46. The highest BCUT2D eigenvalue weighted by atomic mass is 32.2. The molecule has 0 aliphatic carbocycles. The van der Waals surface area contributed by atoms with Crippen LogP contribution in [0.15, 0.2) is 41.3 Å². The predicted molar refractivity (Wildman–Crippen MR) is 109 cm³/mol. The zero-order valence-electron chi connectivity index (χ0n) is 15.7. The smallest absolute Gasteiger partial charge is 0.259 e. The third-order valence-electron chi connectivity index (χ3n) is 4.65. The molecule has 1 aromatic heterocycles. The van der Waals surface area contributed by atoms with E-state index in [2.05, 4.69) is 4.98 Å². The Balaban J connectivity index is 1.64. The summed E-state index contributed by atoms with van der Waals surface area (Å²) in [6.07, 6.45) is 0.744. The molecule has 2 aromatic carbocycles. The van der Waals surface area contributed by atoms with Crippen LogP contribution in [0.2, 0.25) is 0 Å². The molecule has 0 radical (unpaired) electrons. The maximum absolute atomic E-state index is 11.8. The fourth-order valence-electron chi connectivity index (χ4n) is 3.17. The van der Waals surface area contributed by atoms with Crippen LogP contribution in [-0.2, 0) is 15.3 Å². The number of nitrogens with zero attached hydrogens (tertiary/aromatic N) is 1. The Hall–Kier alpha value is -2.93. The minimum absolute atomic E-state index is 0.0201. The van der Waals surface area contributed by atoms with Crippen molar-refractivity contribution in [3.05, 3.63) is 42.0 Å². The number of amides is 1. The van der Waals surface area contributed by atoms with E-state index in [1.165, 1.54) is 10.5 Å². The number of thioether (sulfide) groups is 1. The summed E-state index contributed by atoms with van der Waals surface area (Å²) >= 11 is 1.74. The van der Waals surface area contributed by atoms with Gasteiger partial charge < -0.3 is 19.4 Å². The van der Waals surface area contributed by atoms with Crippen molar-refractivity contribution < 1.29 is 19.1 Å². The second kappa shape index (κ2) is 7.59. The van der Waals surface area contributed by atoms with Crippen molar-refractivity contribution in [1.82, 2.24) is 9.88 Å². The molecule has 1 N–H and O–H groups in total. The van der Waals surface area contributed by atoms with Crippen LogP contribution in [0.4, 0.5) is 0 Å². The molecule has 0 atom stereocenters. The molecule has 0 fully saturated rings. The quantitative estimate of drug-likeness (QED) is 0.646. The van der Waals surface area contributed by atoms with Gasteiger partial charge in [-0.2, -0.15) is 0 Å². The third-order valence-corrected chi connectivity index (χ3v) is 5.73. The number of rotatable bonds is 6. The van der Waals surface area contributed by atoms with Gasteiger partial charge >= 0.3 is 0 Å². The first-order valence-electron chi connectivity index (χ1n) is 8.88. The van der Waals surface area contributed by atoms with E-state index >= 15 is 0 Å². The van der Waals surface area contributed by atoms with E-state index in [0.717, 1.165) is 39.1 Å². The molecular weight excluding hydrogens is 376 g/mol. The summed E-state index contributed by atoms with van der Waals surface area (Å²) in [5, 5.41) is 1.10. The van der Waals surface area contributed by atoms with Gasteiger partial charge in [-0.25, -0.2) is 0 Å². The summed E-state index contributed by atoms with van der Waals surface area (Å²) in [6, 6.07) is 11.7. The second-order valence-electron chi connectivity index (χ2n) is 6.69. The Kier molecular flexibility index (Phi) is 5.00. The molecule has 0 saturated heterocycles. The number of hydrogen-bond acceptors (Lipinski definition) is 5. The number of hydrogen-bond donors (Lipinski definition) is 1. The normalized spacial score (nSPS) is 12.2. The van der Waals surface area contributed by atoms with Gasteiger partial charge in [0.05, 0.1) is 5.69 Å². The molecule has 0 spiro atoms. The van der Waals surface area contributed by atoms with Crippen molar-refractivity contribution in [2.75, 3.05) is 27.3 Å². The number of aromatic amines is 1. The van der Waals surface area contributed by atoms with Gasteiger partial charge in [0.2, 0.25) is 0 Å². The number of likely N-dealkylation sites (N-methyl/N-ethyl adjacent to an activating group) is 1. The highest BCUT2D eigenvalue weighted by Crippen LogP contribution is 2.45. The van der Waals surface area contributed by atoms with Crippen molar-refractivity contribution in [2.24, 2.45) is 0 Å². The van der Waals surface area contributed by atoms with E-state index in [-0.39, 0.29) is 19.1 Å². The molecule has 6 nitrogen and oxygen atoms in total. The summed E-state index contributed by atoms with van der Waals surface area (Å²) in [6.45, 7) is 0.0759. The highest BCUT2D eigenvalue weighted by molar-refractivity contribution is 7.98. The minimum Gasteiger partial charge on any atom is -0.486 e. The molecule has 0 bridgehead atoms. The molecule has 1 amide bonds. The van der Waals surface area contributed by atoms with Gasteiger partial charge in [0.25, 0.3) is 5.91 Å². The fourth-order valence-corrected chi connectivity index (χ4v) is 4.29. The lowest BCUT2D eigenvalue weighted by Crippen LogP contribution is -2.27. The van der Waals surface area contributed by atoms with Crippen molar-refractivity contribution in [1.29, 1.82) is 0 Å². The molecule has 3 aromatic rings. The molecule has 1 aliphatic heterocycles. The first-order chi connectivity index (χ1) is 13.6. The molecular formula is C21H20N2O4S. The van der Waals surface area contributed by atoms with E-state index in [4.69, 9.17) is 9.47 Å². The van der Waals surface area contributed by atoms with Gasteiger partial charge in [0.15, 0.2) is 12.9 Å². The number of aromatic nitrogens is 1. The average Bonchev–Trinajstić information content (AvgIpc) is 3.08. The number of fused-ring (bicyclic) bond motifs is 5. The first kappa shape index (κ1) is 18.4. The summed E-state index contributed by atoms with van der Waals surface area (Å²) < 4.78 is 11.1.